The van der Waals surface area contributed by atoms with Crippen LogP contribution < -0.4 is 0 Å². The van der Waals surface area contributed by atoms with Crippen molar-refractivity contribution < 1.29 is 14.3 Å². The Kier molecular flexibility index (Phi) is 13.4. The quantitative estimate of drug-likeness (QED) is 0.359. The third-order valence-electron chi connectivity index (χ3n) is 6.88. The Labute approximate surface area is 225 Å². The van der Waals surface area contributed by atoms with E-state index in [1.807, 2.05) is 39.0 Å². The second kappa shape index (κ2) is 15.2. The number of Topliss-reactive ketones (excluding diaryl/α,β-unsaturated/α-hetero) is 1. The Morgan fingerprint density at radius 2 is 1.70 bits per heavy atom. The van der Waals surface area contributed by atoms with Gasteiger partial charge in [-0.1, -0.05) is 83.9 Å². The van der Waals surface area contributed by atoms with Crippen molar-refractivity contribution in [1.82, 2.24) is 0 Å². The Balaban J connectivity index is 0.000000311. The van der Waals surface area contributed by atoms with Crippen LogP contribution >= 0.6 is 0 Å². The molecule has 206 valence electrons. The highest BCUT2D eigenvalue weighted by molar-refractivity contribution is 5.85. The maximum absolute atomic E-state index is 14.0. The highest BCUT2D eigenvalue weighted by atomic mass is 19.1. The van der Waals surface area contributed by atoms with E-state index >= 15 is 0 Å². The fourth-order valence-electron chi connectivity index (χ4n) is 4.11. The molecule has 4 heteroatoms. The van der Waals surface area contributed by atoms with E-state index in [0.717, 1.165) is 29.5 Å². The van der Waals surface area contributed by atoms with Crippen LogP contribution in [0.15, 0.2) is 47.5 Å². The molecular formula is C33H50FNO2. The van der Waals surface area contributed by atoms with Crippen LogP contribution in [0, 0.1) is 18.2 Å². The summed E-state index contributed by atoms with van der Waals surface area (Å²) in [4.78, 5) is 15.5. The molecule has 1 aliphatic rings. The maximum Gasteiger partial charge on any atom is 0.149 e. The molecule has 2 aromatic rings. The van der Waals surface area contributed by atoms with E-state index in [1.165, 1.54) is 30.9 Å². The molecular weight excluding hydrogens is 461 g/mol. The van der Waals surface area contributed by atoms with Crippen LogP contribution in [0.25, 0.3) is 0 Å². The normalized spacial score (nSPS) is 15.4. The number of nitrogens with zero attached hydrogens (tertiary/aromatic N) is 1. The number of benzene rings is 2. The summed E-state index contributed by atoms with van der Waals surface area (Å²) in [6.07, 6.45) is 7.55. The lowest BCUT2D eigenvalue weighted by atomic mass is 9.72. The standard InChI is InChI=1S/C15H22FNO.C12H16O.C6H12/c1-6-7-11(3)17-14-10(2)8-12(9-13(14)16)15(4,5)18;1-3-12(13)9-10(2)11-7-5-4-6-8-11;1-6(2)4-3-5-6/h8-9,18H,6-7H2,1-5H3;4-8,10H,3,9H2,1-2H3;3-5H2,1-2H3. The van der Waals surface area contributed by atoms with Gasteiger partial charge in [0.2, 0.25) is 0 Å². The third kappa shape index (κ3) is 12.2. The molecule has 1 atom stereocenters. The smallest absolute Gasteiger partial charge is 0.149 e. The lowest BCUT2D eigenvalue weighted by Crippen LogP contribution is -2.20. The van der Waals surface area contributed by atoms with Gasteiger partial charge in [0.05, 0.1) is 5.60 Å². The zero-order valence-electron chi connectivity index (χ0n) is 24.7. The summed E-state index contributed by atoms with van der Waals surface area (Å²) >= 11 is 0. The van der Waals surface area contributed by atoms with Crippen LogP contribution in [-0.2, 0) is 10.4 Å². The molecule has 3 nitrogen and oxygen atoms in total. The van der Waals surface area contributed by atoms with E-state index in [2.05, 4.69) is 44.8 Å². The van der Waals surface area contributed by atoms with Crippen molar-refractivity contribution >= 4 is 17.2 Å². The molecule has 0 saturated heterocycles. The van der Waals surface area contributed by atoms with Crippen molar-refractivity contribution in [3.63, 3.8) is 0 Å². The molecule has 1 saturated carbocycles. The number of ketones is 1. The summed E-state index contributed by atoms with van der Waals surface area (Å²) in [5.41, 5.74) is 3.58. The van der Waals surface area contributed by atoms with Crippen molar-refractivity contribution in [1.29, 1.82) is 0 Å². The van der Waals surface area contributed by atoms with Crippen molar-refractivity contribution in [3.05, 3.63) is 65.0 Å². The van der Waals surface area contributed by atoms with Gasteiger partial charge in [-0.05, 0) is 81.0 Å². The fraction of sp³-hybridized carbons (Fsp3) is 0.576. The first-order valence-electron chi connectivity index (χ1n) is 13.8. The van der Waals surface area contributed by atoms with Crippen molar-refractivity contribution in [2.24, 2.45) is 10.4 Å². The molecule has 0 amide bonds. The first-order valence-corrected chi connectivity index (χ1v) is 13.8. The first-order chi connectivity index (χ1) is 17.2. The van der Waals surface area contributed by atoms with Crippen molar-refractivity contribution in [2.75, 3.05) is 0 Å². The SMILES string of the molecule is CC1(C)CCC1.CCC(=O)CC(C)c1ccccc1.CCCC(C)=Nc1c(C)cc(C(C)(C)O)cc1F. The molecule has 1 fully saturated rings. The van der Waals surface area contributed by atoms with Crippen molar-refractivity contribution in [3.8, 4) is 0 Å². The largest absolute Gasteiger partial charge is 0.386 e. The molecule has 0 heterocycles. The van der Waals surface area contributed by atoms with Crippen molar-refractivity contribution in [2.45, 2.75) is 119 Å². The van der Waals surface area contributed by atoms with E-state index in [4.69, 9.17) is 0 Å². The minimum atomic E-state index is -1.04. The number of halogens is 1. The minimum absolute atomic E-state index is 0.344. The van der Waals surface area contributed by atoms with Gasteiger partial charge >= 0.3 is 0 Å². The topological polar surface area (TPSA) is 49.7 Å². The van der Waals surface area contributed by atoms with Gasteiger partial charge in [0.15, 0.2) is 0 Å². The second-order valence-corrected chi connectivity index (χ2v) is 11.7. The number of rotatable bonds is 8. The van der Waals surface area contributed by atoms with Gasteiger partial charge in [0.25, 0.3) is 0 Å². The van der Waals surface area contributed by atoms with E-state index in [9.17, 15) is 14.3 Å². The number of hydrogen-bond donors (Lipinski definition) is 1. The monoisotopic (exact) mass is 511 g/mol. The Morgan fingerprint density at radius 3 is 2.11 bits per heavy atom. The van der Waals surface area contributed by atoms with E-state index in [-0.39, 0.29) is 5.82 Å². The molecule has 0 aliphatic heterocycles. The average molecular weight is 512 g/mol. The molecule has 0 bridgehead atoms. The number of hydrogen-bond acceptors (Lipinski definition) is 3. The lowest BCUT2D eigenvalue weighted by Gasteiger charge is -2.33. The Hall–Kier alpha value is -2.33. The van der Waals surface area contributed by atoms with Crippen LogP contribution in [0.2, 0.25) is 0 Å². The third-order valence-corrected chi connectivity index (χ3v) is 6.88. The number of aryl methyl sites for hydroxylation is 1. The summed E-state index contributed by atoms with van der Waals surface area (Å²) in [5.74, 6) is 0.326. The number of carbonyl (C=O) groups excluding carboxylic acids is 1. The van der Waals surface area contributed by atoms with Crippen LogP contribution in [0.1, 0.15) is 123 Å². The Morgan fingerprint density at radius 1 is 1.14 bits per heavy atom. The average Bonchev–Trinajstić information content (AvgIpc) is 2.81. The molecule has 1 unspecified atom stereocenters. The first kappa shape index (κ1) is 32.7. The fourth-order valence-corrected chi connectivity index (χ4v) is 4.11. The molecule has 0 radical (unpaired) electrons. The van der Waals surface area contributed by atoms with Crippen LogP contribution in [0.3, 0.4) is 0 Å². The maximum atomic E-state index is 14.0. The molecule has 0 aromatic heterocycles. The summed E-state index contributed by atoms with van der Waals surface area (Å²) in [5, 5.41) is 9.89. The highest BCUT2D eigenvalue weighted by Gasteiger charge is 2.25. The molecule has 37 heavy (non-hydrogen) atoms. The van der Waals surface area contributed by atoms with Crippen LogP contribution in [0.4, 0.5) is 10.1 Å². The number of aliphatic hydroxyl groups is 1. The zero-order valence-corrected chi connectivity index (χ0v) is 24.7. The lowest BCUT2D eigenvalue weighted by molar-refractivity contribution is -0.119. The molecule has 1 N–H and O–H groups in total. The highest BCUT2D eigenvalue weighted by Crippen LogP contribution is 2.39. The van der Waals surface area contributed by atoms with Gasteiger partial charge in [-0.3, -0.25) is 9.79 Å². The number of aliphatic imine (C=N–C) groups is 1. The van der Waals surface area contributed by atoms with E-state index in [0.29, 0.717) is 35.8 Å². The predicted molar refractivity (Wildman–Crippen MR) is 156 cm³/mol. The summed E-state index contributed by atoms with van der Waals surface area (Å²) < 4.78 is 14.0. The van der Waals surface area contributed by atoms with Gasteiger partial charge in [-0.15, -0.1) is 0 Å². The summed E-state index contributed by atoms with van der Waals surface area (Å²) in [7, 11) is 0. The zero-order chi connectivity index (χ0) is 28.2. The van der Waals surface area contributed by atoms with Gasteiger partial charge in [-0.2, -0.15) is 0 Å². The summed E-state index contributed by atoms with van der Waals surface area (Å²) in [6, 6.07) is 13.3. The minimum Gasteiger partial charge on any atom is -0.386 e. The van der Waals surface area contributed by atoms with Gasteiger partial charge in [0.1, 0.15) is 17.3 Å². The van der Waals surface area contributed by atoms with Gasteiger partial charge in [0, 0.05) is 18.6 Å². The number of carbonyl (C=O) groups is 1. The summed E-state index contributed by atoms with van der Waals surface area (Å²) in [6.45, 7) is 17.8. The molecule has 2 aromatic carbocycles. The van der Waals surface area contributed by atoms with Crippen LogP contribution in [0.5, 0.6) is 0 Å². The van der Waals surface area contributed by atoms with Gasteiger partial charge in [-0.25, -0.2) is 4.39 Å². The molecule has 3 rings (SSSR count). The van der Waals surface area contributed by atoms with Gasteiger partial charge < -0.3 is 5.11 Å². The van der Waals surface area contributed by atoms with E-state index in [1.54, 1.807) is 19.9 Å². The predicted octanol–water partition coefficient (Wildman–Crippen LogP) is 9.61. The van der Waals surface area contributed by atoms with Crippen LogP contribution in [-0.4, -0.2) is 16.6 Å². The second-order valence-electron chi connectivity index (χ2n) is 11.7. The Bertz CT molecular complexity index is 974. The molecule has 0 spiro atoms. The van der Waals surface area contributed by atoms with E-state index < -0.39 is 5.60 Å². The molecule has 1 aliphatic carbocycles.